The summed E-state index contributed by atoms with van der Waals surface area (Å²) in [5, 5.41) is 4.06. The molecule has 1 saturated heterocycles. The van der Waals surface area contributed by atoms with Crippen molar-refractivity contribution in [2.75, 3.05) is 19.6 Å². The highest BCUT2D eigenvalue weighted by Gasteiger charge is 2.10. The predicted molar refractivity (Wildman–Crippen MR) is 42.5 cm³/mol. The van der Waals surface area contributed by atoms with E-state index in [2.05, 4.69) is 17.1 Å². The number of nitrogens with zero attached hydrogens (tertiary/aromatic N) is 1. The van der Waals surface area contributed by atoms with E-state index >= 15 is 0 Å². The molecule has 52 valence electrons. The lowest BCUT2D eigenvalue weighted by atomic mass is 10.3. The molecule has 1 aliphatic rings. The smallest absolute Gasteiger partial charge is 0.168 e. The molecule has 1 rings (SSSR count). The van der Waals surface area contributed by atoms with Crippen LogP contribution in [-0.2, 0) is 0 Å². The van der Waals surface area contributed by atoms with Gasteiger partial charge < -0.3 is 10.2 Å². The number of thiocarbonyl (C=S) groups is 1. The van der Waals surface area contributed by atoms with E-state index in [1.165, 1.54) is 6.42 Å². The minimum atomic E-state index is 0.920. The van der Waals surface area contributed by atoms with Crippen molar-refractivity contribution in [1.29, 1.82) is 0 Å². The maximum atomic E-state index is 5.04. The van der Waals surface area contributed by atoms with Crippen molar-refractivity contribution in [2.24, 2.45) is 0 Å². The summed E-state index contributed by atoms with van der Waals surface area (Å²) in [7, 11) is 0. The second kappa shape index (κ2) is 3.01. The zero-order chi connectivity index (χ0) is 6.69. The van der Waals surface area contributed by atoms with Crippen LogP contribution in [0.15, 0.2) is 0 Å². The van der Waals surface area contributed by atoms with Crippen molar-refractivity contribution < 1.29 is 0 Å². The predicted octanol–water partition coefficient (Wildman–Crippen LogP) is 0.587. The standard InChI is InChI=1S/C6H12N2S/c1-2-8-5-3-4-7-6(8)9/h2-5H2,1H3,(H,7,9). The first kappa shape index (κ1) is 6.81. The van der Waals surface area contributed by atoms with Gasteiger partial charge >= 0.3 is 0 Å². The van der Waals surface area contributed by atoms with Gasteiger partial charge in [-0.05, 0) is 25.6 Å². The van der Waals surface area contributed by atoms with Crippen LogP contribution in [-0.4, -0.2) is 29.6 Å². The fourth-order valence-electron chi connectivity index (χ4n) is 0.980. The monoisotopic (exact) mass is 144 g/mol. The van der Waals surface area contributed by atoms with Gasteiger partial charge in [-0.1, -0.05) is 0 Å². The maximum Gasteiger partial charge on any atom is 0.168 e. The molecule has 0 amide bonds. The maximum absolute atomic E-state index is 5.04. The van der Waals surface area contributed by atoms with E-state index < -0.39 is 0 Å². The summed E-state index contributed by atoms with van der Waals surface area (Å²) in [4.78, 5) is 2.18. The Morgan fingerprint density at radius 2 is 2.56 bits per heavy atom. The van der Waals surface area contributed by atoms with Crippen LogP contribution >= 0.6 is 12.2 Å². The lowest BCUT2D eigenvalue weighted by Gasteiger charge is -2.28. The average Bonchev–Trinajstić information content (AvgIpc) is 1.89. The Labute approximate surface area is 61.2 Å². The van der Waals surface area contributed by atoms with Gasteiger partial charge in [0.15, 0.2) is 5.11 Å². The SMILES string of the molecule is CCN1CCCNC1=S. The first-order chi connectivity index (χ1) is 4.34. The molecule has 1 heterocycles. The molecular weight excluding hydrogens is 132 g/mol. The van der Waals surface area contributed by atoms with Gasteiger partial charge in [0.1, 0.15) is 0 Å². The Morgan fingerprint density at radius 1 is 1.78 bits per heavy atom. The Hall–Kier alpha value is -0.310. The van der Waals surface area contributed by atoms with E-state index in [9.17, 15) is 0 Å². The number of nitrogens with one attached hydrogen (secondary N) is 1. The van der Waals surface area contributed by atoms with Crippen molar-refractivity contribution in [3.8, 4) is 0 Å². The molecule has 0 atom stereocenters. The molecule has 0 aromatic rings. The van der Waals surface area contributed by atoms with Crippen molar-refractivity contribution in [3.63, 3.8) is 0 Å². The van der Waals surface area contributed by atoms with Gasteiger partial charge in [-0.15, -0.1) is 0 Å². The molecule has 0 radical (unpaired) electrons. The molecule has 0 aromatic heterocycles. The molecule has 0 saturated carbocycles. The molecule has 9 heavy (non-hydrogen) atoms. The summed E-state index contributed by atoms with van der Waals surface area (Å²) in [6.45, 7) is 5.34. The Kier molecular flexibility index (Phi) is 2.28. The number of hydrogen-bond acceptors (Lipinski definition) is 1. The van der Waals surface area contributed by atoms with Crippen LogP contribution in [0, 0.1) is 0 Å². The third kappa shape index (κ3) is 1.55. The molecule has 1 fully saturated rings. The minimum Gasteiger partial charge on any atom is -0.362 e. The largest absolute Gasteiger partial charge is 0.362 e. The average molecular weight is 144 g/mol. The molecular formula is C6H12N2S. The van der Waals surface area contributed by atoms with E-state index in [1.54, 1.807) is 0 Å². The summed E-state index contributed by atoms with van der Waals surface area (Å²) in [5.41, 5.74) is 0. The van der Waals surface area contributed by atoms with Gasteiger partial charge in [0.2, 0.25) is 0 Å². The highest BCUT2D eigenvalue weighted by Crippen LogP contribution is 1.97. The zero-order valence-electron chi connectivity index (χ0n) is 5.68. The molecule has 1 N–H and O–H groups in total. The van der Waals surface area contributed by atoms with Gasteiger partial charge in [0.05, 0.1) is 0 Å². The quantitative estimate of drug-likeness (QED) is 0.542. The summed E-state index contributed by atoms with van der Waals surface area (Å²) in [6, 6.07) is 0. The van der Waals surface area contributed by atoms with Crippen LogP contribution in [0.2, 0.25) is 0 Å². The summed E-state index contributed by atoms with van der Waals surface area (Å²) < 4.78 is 0. The number of rotatable bonds is 1. The van der Waals surface area contributed by atoms with Gasteiger partial charge in [-0.25, -0.2) is 0 Å². The first-order valence-electron chi connectivity index (χ1n) is 3.37. The van der Waals surface area contributed by atoms with Crippen molar-refractivity contribution in [2.45, 2.75) is 13.3 Å². The third-order valence-corrected chi connectivity index (χ3v) is 1.95. The molecule has 0 bridgehead atoms. The Balaban J connectivity index is 2.39. The molecule has 1 aliphatic heterocycles. The second-order valence-corrected chi connectivity index (χ2v) is 2.55. The Morgan fingerprint density at radius 3 is 3.00 bits per heavy atom. The van der Waals surface area contributed by atoms with Gasteiger partial charge in [-0.2, -0.15) is 0 Å². The normalized spacial score (nSPS) is 19.7. The van der Waals surface area contributed by atoms with E-state index in [1.807, 2.05) is 0 Å². The van der Waals surface area contributed by atoms with E-state index in [0.717, 1.165) is 24.7 Å². The highest BCUT2D eigenvalue weighted by atomic mass is 32.1. The second-order valence-electron chi connectivity index (χ2n) is 2.17. The highest BCUT2D eigenvalue weighted by molar-refractivity contribution is 7.80. The van der Waals surface area contributed by atoms with Crippen molar-refractivity contribution in [3.05, 3.63) is 0 Å². The fourth-order valence-corrected chi connectivity index (χ4v) is 1.30. The molecule has 2 nitrogen and oxygen atoms in total. The summed E-state index contributed by atoms with van der Waals surface area (Å²) in [6.07, 6.45) is 1.22. The lowest BCUT2D eigenvalue weighted by Crippen LogP contribution is -2.45. The summed E-state index contributed by atoms with van der Waals surface area (Å²) >= 11 is 5.04. The number of hydrogen-bond donors (Lipinski definition) is 1. The molecule has 3 heteroatoms. The van der Waals surface area contributed by atoms with Crippen LogP contribution in [0.1, 0.15) is 13.3 Å². The fraction of sp³-hybridized carbons (Fsp3) is 0.833. The van der Waals surface area contributed by atoms with Crippen LogP contribution in [0.3, 0.4) is 0 Å². The topological polar surface area (TPSA) is 15.3 Å². The lowest BCUT2D eigenvalue weighted by molar-refractivity contribution is 0.393. The first-order valence-corrected chi connectivity index (χ1v) is 3.78. The third-order valence-electron chi connectivity index (χ3n) is 1.55. The van der Waals surface area contributed by atoms with Crippen LogP contribution in [0.4, 0.5) is 0 Å². The van der Waals surface area contributed by atoms with Gasteiger partial charge in [0.25, 0.3) is 0 Å². The molecule has 0 aromatic carbocycles. The van der Waals surface area contributed by atoms with E-state index in [-0.39, 0.29) is 0 Å². The van der Waals surface area contributed by atoms with Crippen molar-refractivity contribution >= 4 is 17.3 Å². The van der Waals surface area contributed by atoms with Crippen LogP contribution < -0.4 is 5.32 Å². The van der Waals surface area contributed by atoms with Gasteiger partial charge in [0, 0.05) is 19.6 Å². The van der Waals surface area contributed by atoms with Crippen molar-refractivity contribution in [1.82, 2.24) is 10.2 Å². The molecule has 0 unspecified atom stereocenters. The summed E-state index contributed by atoms with van der Waals surface area (Å²) in [5.74, 6) is 0. The Bertz CT molecular complexity index is 114. The zero-order valence-corrected chi connectivity index (χ0v) is 6.50. The van der Waals surface area contributed by atoms with Crippen LogP contribution in [0.5, 0.6) is 0 Å². The molecule has 0 aliphatic carbocycles. The molecule has 0 spiro atoms. The van der Waals surface area contributed by atoms with Gasteiger partial charge in [-0.3, -0.25) is 0 Å². The van der Waals surface area contributed by atoms with E-state index in [0.29, 0.717) is 0 Å². The minimum absolute atomic E-state index is 0.920. The van der Waals surface area contributed by atoms with Crippen LogP contribution in [0.25, 0.3) is 0 Å². The van der Waals surface area contributed by atoms with E-state index in [4.69, 9.17) is 12.2 Å².